The van der Waals surface area contributed by atoms with Crippen LogP contribution in [0.2, 0.25) is 0 Å². The van der Waals surface area contributed by atoms with Gasteiger partial charge in [-0.2, -0.15) is 4.39 Å². The molecule has 1 aliphatic carbocycles. The van der Waals surface area contributed by atoms with Crippen LogP contribution in [0.1, 0.15) is 38.5 Å². The van der Waals surface area contributed by atoms with E-state index in [0.717, 1.165) is 25.7 Å². The maximum Gasteiger partial charge on any atom is 0.243 e. The maximum atomic E-state index is 15.0. The van der Waals surface area contributed by atoms with Crippen molar-refractivity contribution in [3.05, 3.63) is 5.82 Å². The van der Waals surface area contributed by atoms with Crippen LogP contribution in [-0.4, -0.2) is 69.7 Å². The van der Waals surface area contributed by atoms with Crippen molar-refractivity contribution in [1.82, 2.24) is 20.5 Å². The van der Waals surface area contributed by atoms with E-state index in [4.69, 9.17) is 0 Å². The van der Waals surface area contributed by atoms with Crippen molar-refractivity contribution >= 4 is 35.7 Å². The lowest BCUT2D eigenvalue weighted by molar-refractivity contribution is -0.154. The predicted molar refractivity (Wildman–Crippen MR) is 113 cm³/mol. The van der Waals surface area contributed by atoms with Gasteiger partial charge in [-0.05, 0) is 25.0 Å². The van der Waals surface area contributed by atoms with Crippen LogP contribution in [0.3, 0.4) is 0 Å². The number of hydrazine groups is 1. The number of halogens is 1. The smallest absolute Gasteiger partial charge is 0.243 e. The monoisotopic (exact) mass is 456 g/mol. The first-order valence-corrected chi connectivity index (χ1v) is 11.6. The fourth-order valence-electron chi connectivity index (χ4n) is 4.14. The molecule has 31 heavy (non-hydrogen) atoms. The van der Waals surface area contributed by atoms with E-state index in [2.05, 4.69) is 20.8 Å². The highest BCUT2D eigenvalue weighted by Gasteiger charge is 2.29. The summed E-state index contributed by atoms with van der Waals surface area (Å²) in [7, 11) is 0. The second-order valence-corrected chi connectivity index (χ2v) is 8.78. The third-order valence-electron chi connectivity index (χ3n) is 5.76. The van der Waals surface area contributed by atoms with E-state index in [1.807, 2.05) is 0 Å². The summed E-state index contributed by atoms with van der Waals surface area (Å²) < 4.78 is 15.0. The van der Waals surface area contributed by atoms with E-state index in [0.29, 0.717) is 35.5 Å². The summed E-state index contributed by atoms with van der Waals surface area (Å²) in [6, 6.07) is 0. The van der Waals surface area contributed by atoms with Crippen molar-refractivity contribution in [2.45, 2.75) is 49.8 Å². The highest BCUT2D eigenvalue weighted by atomic mass is 32.2. The molecular formula is C19H29FN6O4S. The van der Waals surface area contributed by atoms with Gasteiger partial charge in [0.05, 0.1) is 18.6 Å². The summed E-state index contributed by atoms with van der Waals surface area (Å²) >= 11 is 1.23. The molecule has 10 nitrogen and oxygen atoms in total. The molecule has 1 saturated heterocycles. The number of carbonyl (C=O) groups excluding carboxylic acids is 2. The van der Waals surface area contributed by atoms with E-state index in [1.54, 1.807) is 11.2 Å². The van der Waals surface area contributed by atoms with Gasteiger partial charge in [0, 0.05) is 13.1 Å². The summed E-state index contributed by atoms with van der Waals surface area (Å²) in [5.41, 5.74) is 5.01. The average Bonchev–Trinajstić information content (AvgIpc) is 3.43. The zero-order valence-corrected chi connectivity index (χ0v) is 18.3. The van der Waals surface area contributed by atoms with Gasteiger partial charge < -0.3 is 10.0 Å². The van der Waals surface area contributed by atoms with Crippen LogP contribution in [0, 0.1) is 17.7 Å². The first-order valence-electron chi connectivity index (χ1n) is 10.4. The molecule has 2 amide bonds. The molecule has 0 spiro atoms. The summed E-state index contributed by atoms with van der Waals surface area (Å²) in [6.45, 7) is 0.595. The van der Waals surface area contributed by atoms with Gasteiger partial charge in [-0.15, -0.1) is 0 Å². The minimum Gasteiger partial charge on any atom is -0.391 e. The number of hydroxylamine groups is 2. The van der Waals surface area contributed by atoms with Crippen LogP contribution < -0.4 is 15.8 Å². The van der Waals surface area contributed by atoms with Crippen LogP contribution >= 0.6 is 11.8 Å². The Hall–Kier alpha value is -2.18. The van der Waals surface area contributed by atoms with Gasteiger partial charge in [-0.3, -0.25) is 25.6 Å². The fraction of sp³-hybridized carbons (Fsp3) is 0.684. The highest BCUT2D eigenvalue weighted by molar-refractivity contribution is 7.98. The van der Waals surface area contributed by atoms with Gasteiger partial charge in [-0.1, -0.05) is 37.4 Å². The Bertz CT molecular complexity index is 782. The van der Waals surface area contributed by atoms with Gasteiger partial charge in [-0.25, -0.2) is 15.0 Å². The third-order valence-corrected chi connectivity index (χ3v) is 6.30. The molecule has 12 heteroatoms. The highest BCUT2D eigenvalue weighted by Crippen LogP contribution is 2.31. The molecule has 1 aliphatic heterocycles. The van der Waals surface area contributed by atoms with Gasteiger partial charge in [0.1, 0.15) is 0 Å². The molecule has 0 unspecified atom stereocenters. The topological polar surface area (TPSA) is 131 Å². The van der Waals surface area contributed by atoms with E-state index < -0.39 is 23.7 Å². The number of aliphatic hydroxyl groups excluding tert-OH is 1. The normalized spacial score (nSPS) is 20.0. The Morgan fingerprint density at radius 2 is 2.13 bits per heavy atom. The second-order valence-electron chi connectivity index (χ2n) is 8.01. The lowest BCUT2D eigenvalue weighted by Crippen LogP contribution is -2.41. The van der Waals surface area contributed by atoms with Crippen molar-refractivity contribution in [3.63, 3.8) is 0 Å². The van der Waals surface area contributed by atoms with E-state index in [1.165, 1.54) is 11.8 Å². The van der Waals surface area contributed by atoms with Crippen molar-refractivity contribution in [1.29, 1.82) is 0 Å². The molecule has 1 saturated carbocycles. The van der Waals surface area contributed by atoms with Crippen molar-refractivity contribution in [3.8, 4) is 0 Å². The zero-order chi connectivity index (χ0) is 22.4. The molecule has 0 radical (unpaired) electrons. The lowest BCUT2D eigenvalue weighted by atomic mass is 9.92. The largest absolute Gasteiger partial charge is 0.391 e. The first-order chi connectivity index (χ1) is 14.9. The molecule has 3 rings (SSSR count). The molecule has 2 heterocycles. The third kappa shape index (κ3) is 6.17. The minimum absolute atomic E-state index is 0.0673. The SMILES string of the molecule is CSc1nc(NNC(=O)[C@@H](CC2CCCC2)CN(O)C=O)c(F)c(N2CC[C@H](O)C2)n1. The molecule has 2 fully saturated rings. The van der Waals surface area contributed by atoms with Crippen LogP contribution in [0.5, 0.6) is 0 Å². The average molecular weight is 457 g/mol. The Balaban J connectivity index is 1.71. The quantitative estimate of drug-likeness (QED) is 0.136. The first kappa shape index (κ1) is 23.5. The molecule has 1 aromatic rings. The standard InChI is InChI=1S/C19H29FN6O4S/c1-31-19-21-16(15(20)17(22-19)25-7-6-14(28)10-25)23-24-18(29)13(9-26(30)11-27)8-12-4-2-3-5-12/h11-14,28,30H,2-10H2,1H3,(H,24,29)(H,21,22,23)/t13-,14-/m0/s1. The molecule has 4 N–H and O–H groups in total. The summed E-state index contributed by atoms with van der Waals surface area (Å²) in [4.78, 5) is 33.5. The number of amides is 2. The Kier molecular flexibility index (Phi) is 8.27. The summed E-state index contributed by atoms with van der Waals surface area (Å²) in [5, 5.41) is 20.1. The minimum atomic E-state index is -0.726. The van der Waals surface area contributed by atoms with Crippen LogP contribution in [0.15, 0.2) is 5.16 Å². The Labute approximate surface area is 184 Å². The molecule has 0 aromatic carbocycles. The number of hydrogen-bond acceptors (Lipinski definition) is 9. The molecular weight excluding hydrogens is 427 g/mol. The van der Waals surface area contributed by atoms with E-state index in [9.17, 15) is 19.9 Å². The van der Waals surface area contributed by atoms with Crippen LogP contribution in [0.4, 0.5) is 16.0 Å². The number of hydrogen-bond donors (Lipinski definition) is 4. The van der Waals surface area contributed by atoms with Gasteiger partial charge >= 0.3 is 0 Å². The number of thioether (sulfide) groups is 1. The van der Waals surface area contributed by atoms with Crippen LogP contribution in [0.25, 0.3) is 0 Å². The zero-order valence-electron chi connectivity index (χ0n) is 17.5. The molecule has 2 aliphatic rings. The summed E-state index contributed by atoms with van der Waals surface area (Å²) in [5.74, 6) is -1.60. The number of anilines is 2. The van der Waals surface area contributed by atoms with Crippen LogP contribution in [-0.2, 0) is 9.59 Å². The number of rotatable bonds is 10. The maximum absolute atomic E-state index is 15.0. The number of carbonyl (C=O) groups is 2. The molecule has 0 bridgehead atoms. The van der Waals surface area contributed by atoms with Gasteiger partial charge in [0.25, 0.3) is 0 Å². The Morgan fingerprint density at radius 1 is 1.39 bits per heavy atom. The fourth-order valence-corrected chi connectivity index (χ4v) is 4.50. The van der Waals surface area contributed by atoms with Crippen molar-refractivity contribution in [2.24, 2.45) is 11.8 Å². The van der Waals surface area contributed by atoms with Gasteiger partial charge in [0.15, 0.2) is 16.8 Å². The second kappa shape index (κ2) is 10.9. The summed E-state index contributed by atoms with van der Waals surface area (Å²) in [6.07, 6.45) is 6.74. The number of nitrogens with zero attached hydrogens (tertiary/aromatic N) is 4. The van der Waals surface area contributed by atoms with Gasteiger partial charge in [0.2, 0.25) is 18.1 Å². The van der Waals surface area contributed by atoms with E-state index >= 15 is 4.39 Å². The molecule has 2 atom stereocenters. The Morgan fingerprint density at radius 3 is 2.74 bits per heavy atom. The van der Waals surface area contributed by atoms with E-state index in [-0.39, 0.29) is 31.1 Å². The number of β-amino-alcohol motifs (C(OH)–C–C–N with tert-alkyl or cyclic N) is 1. The predicted octanol–water partition coefficient (Wildman–Crippen LogP) is 1.40. The van der Waals surface area contributed by atoms with Crippen molar-refractivity contribution < 1.29 is 24.3 Å². The molecule has 172 valence electrons. The number of nitrogens with one attached hydrogen (secondary N) is 2. The number of aliphatic hydroxyl groups is 1. The van der Waals surface area contributed by atoms with Crippen molar-refractivity contribution in [2.75, 3.05) is 36.2 Å². The molecule has 1 aromatic heterocycles. The number of aromatic nitrogens is 2. The lowest BCUT2D eigenvalue weighted by Gasteiger charge is -2.23.